The van der Waals surface area contributed by atoms with Gasteiger partial charge in [-0.1, -0.05) is 23.8 Å². The molecule has 1 fully saturated rings. The average molecular weight is 499 g/mol. The molecule has 4 aromatic rings. The minimum absolute atomic E-state index is 0.150. The van der Waals surface area contributed by atoms with Crippen molar-refractivity contribution in [3.05, 3.63) is 112 Å². The van der Waals surface area contributed by atoms with Gasteiger partial charge in [0.25, 0.3) is 0 Å². The Morgan fingerprint density at radius 2 is 1.61 bits per heavy atom. The van der Waals surface area contributed by atoms with Gasteiger partial charge in [-0.15, -0.1) is 0 Å². The highest BCUT2D eigenvalue weighted by molar-refractivity contribution is 7.80. The number of nitrogens with one attached hydrogen (secondary N) is 1. The van der Waals surface area contributed by atoms with E-state index in [1.165, 1.54) is 28.4 Å². The van der Waals surface area contributed by atoms with E-state index >= 15 is 0 Å². The first-order chi connectivity index (χ1) is 17.2. The van der Waals surface area contributed by atoms with Crippen LogP contribution in [0.5, 0.6) is 0 Å². The number of aryl methyl sites for hydroxylation is 5. The Balaban J connectivity index is 1.72. The van der Waals surface area contributed by atoms with Crippen molar-refractivity contribution in [2.45, 2.75) is 53.6 Å². The third kappa shape index (κ3) is 3.99. The molecule has 3 heterocycles. The number of nitrogens with zero attached hydrogens (tertiary/aromatic N) is 3. The molecule has 0 radical (unpaired) electrons. The molecule has 4 nitrogen and oxygen atoms in total. The number of pyridine rings is 1. The molecular formula is C30H31FN4S. The van der Waals surface area contributed by atoms with E-state index in [9.17, 15) is 4.39 Å². The number of thiocarbonyl (C=S) groups is 1. The third-order valence-corrected chi connectivity index (χ3v) is 7.48. The normalized spacial score (nSPS) is 17.5. The molecule has 0 bridgehead atoms. The summed E-state index contributed by atoms with van der Waals surface area (Å²) in [5, 5.41) is 4.12. The van der Waals surface area contributed by atoms with Crippen molar-refractivity contribution < 1.29 is 4.39 Å². The fourth-order valence-corrected chi connectivity index (χ4v) is 6.03. The maximum atomic E-state index is 14.2. The number of benzene rings is 2. The Hall–Kier alpha value is -3.51. The van der Waals surface area contributed by atoms with E-state index in [1.807, 2.05) is 30.5 Å². The molecule has 1 N–H and O–H groups in total. The standard InChI is InChI=1S/C30H31FN4S/c1-17-13-19(3)28(20(4)14-17)34-21(5)16-24(22(34)6)29-27(26-9-7-8-12-32-26)33-30(36)35(29)23-10-11-25(31)18(2)15-23/h7-16,27,29H,1-6H3,(H,33,36)/t27-,29+/m0/s1. The van der Waals surface area contributed by atoms with E-state index in [1.54, 1.807) is 13.0 Å². The summed E-state index contributed by atoms with van der Waals surface area (Å²) in [6, 6.07) is 17.5. The zero-order valence-corrected chi connectivity index (χ0v) is 22.4. The summed E-state index contributed by atoms with van der Waals surface area (Å²) in [4.78, 5) is 6.78. The number of hydrogen-bond acceptors (Lipinski definition) is 2. The number of aromatic nitrogens is 2. The predicted molar refractivity (Wildman–Crippen MR) is 149 cm³/mol. The second kappa shape index (κ2) is 9.17. The van der Waals surface area contributed by atoms with Gasteiger partial charge in [-0.3, -0.25) is 4.98 Å². The van der Waals surface area contributed by atoms with Crippen LogP contribution in [0.2, 0.25) is 0 Å². The van der Waals surface area contributed by atoms with Crippen LogP contribution in [0.3, 0.4) is 0 Å². The van der Waals surface area contributed by atoms with Crippen LogP contribution in [0.4, 0.5) is 10.1 Å². The van der Waals surface area contributed by atoms with Crippen LogP contribution in [-0.2, 0) is 0 Å². The van der Waals surface area contributed by atoms with Gasteiger partial charge < -0.3 is 14.8 Å². The van der Waals surface area contributed by atoms with Gasteiger partial charge in [-0.25, -0.2) is 4.39 Å². The van der Waals surface area contributed by atoms with Gasteiger partial charge in [0.2, 0.25) is 0 Å². The molecule has 2 aromatic carbocycles. The fraction of sp³-hybridized carbons (Fsp3) is 0.267. The molecule has 2 atom stereocenters. The number of hydrogen-bond donors (Lipinski definition) is 1. The topological polar surface area (TPSA) is 33.1 Å². The predicted octanol–water partition coefficient (Wildman–Crippen LogP) is 7.04. The van der Waals surface area contributed by atoms with Crippen molar-refractivity contribution in [1.82, 2.24) is 14.9 Å². The van der Waals surface area contributed by atoms with E-state index in [2.05, 4.69) is 72.6 Å². The molecule has 1 aliphatic heterocycles. The summed E-state index contributed by atoms with van der Waals surface area (Å²) in [6.07, 6.45) is 1.81. The van der Waals surface area contributed by atoms with Crippen LogP contribution in [0.15, 0.2) is 60.8 Å². The van der Waals surface area contributed by atoms with Gasteiger partial charge >= 0.3 is 0 Å². The monoisotopic (exact) mass is 498 g/mol. The van der Waals surface area contributed by atoms with Crippen LogP contribution < -0.4 is 10.2 Å². The van der Waals surface area contributed by atoms with Gasteiger partial charge in [0.15, 0.2) is 5.11 Å². The summed E-state index contributed by atoms with van der Waals surface area (Å²) in [6.45, 7) is 12.6. The first-order valence-corrected chi connectivity index (χ1v) is 12.6. The zero-order valence-electron chi connectivity index (χ0n) is 21.6. The maximum Gasteiger partial charge on any atom is 0.174 e. The van der Waals surface area contributed by atoms with Crippen LogP contribution in [0.1, 0.15) is 57.0 Å². The third-order valence-electron chi connectivity index (χ3n) is 7.17. The van der Waals surface area contributed by atoms with E-state index in [-0.39, 0.29) is 17.9 Å². The van der Waals surface area contributed by atoms with Gasteiger partial charge in [0.1, 0.15) is 5.82 Å². The van der Waals surface area contributed by atoms with E-state index in [4.69, 9.17) is 12.2 Å². The van der Waals surface area contributed by atoms with Gasteiger partial charge in [-0.05, 0) is 112 Å². The molecule has 1 saturated heterocycles. The summed E-state index contributed by atoms with van der Waals surface area (Å²) in [7, 11) is 0. The molecule has 0 unspecified atom stereocenters. The van der Waals surface area contributed by atoms with Crippen molar-refractivity contribution in [3.63, 3.8) is 0 Å². The molecule has 0 amide bonds. The van der Waals surface area contributed by atoms with E-state index in [0.717, 1.165) is 28.3 Å². The van der Waals surface area contributed by atoms with Crippen LogP contribution in [-0.4, -0.2) is 14.7 Å². The molecule has 1 aliphatic rings. The lowest BCUT2D eigenvalue weighted by atomic mass is 9.96. The lowest BCUT2D eigenvalue weighted by Crippen LogP contribution is -2.29. The molecular weight excluding hydrogens is 467 g/mol. The summed E-state index contributed by atoms with van der Waals surface area (Å²) >= 11 is 5.87. The lowest BCUT2D eigenvalue weighted by molar-refractivity contribution is 0.564. The highest BCUT2D eigenvalue weighted by atomic mass is 32.1. The van der Waals surface area contributed by atoms with Crippen molar-refractivity contribution in [2.75, 3.05) is 4.90 Å². The maximum absolute atomic E-state index is 14.2. The lowest BCUT2D eigenvalue weighted by Gasteiger charge is -2.28. The second-order valence-corrected chi connectivity index (χ2v) is 10.2. The van der Waals surface area contributed by atoms with E-state index in [0.29, 0.717) is 10.7 Å². The number of halogens is 1. The first kappa shape index (κ1) is 24.2. The minimum Gasteiger partial charge on any atom is -0.351 e. The summed E-state index contributed by atoms with van der Waals surface area (Å²) in [5.41, 5.74) is 10.8. The first-order valence-electron chi connectivity index (χ1n) is 12.2. The van der Waals surface area contributed by atoms with Gasteiger partial charge in [-0.2, -0.15) is 0 Å². The minimum atomic E-state index is -0.224. The Bertz CT molecular complexity index is 1450. The largest absolute Gasteiger partial charge is 0.351 e. The molecule has 6 heteroatoms. The number of anilines is 1. The van der Waals surface area contributed by atoms with Crippen LogP contribution >= 0.6 is 12.2 Å². The zero-order chi connectivity index (χ0) is 25.7. The Morgan fingerprint density at radius 3 is 2.25 bits per heavy atom. The van der Waals surface area contributed by atoms with Gasteiger partial charge in [0, 0.05) is 23.3 Å². The van der Waals surface area contributed by atoms with E-state index < -0.39 is 0 Å². The second-order valence-electron chi connectivity index (χ2n) is 9.84. The molecule has 5 rings (SSSR count). The average Bonchev–Trinajstić information content (AvgIpc) is 3.32. The van der Waals surface area contributed by atoms with Crippen molar-refractivity contribution in [3.8, 4) is 5.69 Å². The summed E-state index contributed by atoms with van der Waals surface area (Å²) in [5.74, 6) is -0.224. The molecule has 36 heavy (non-hydrogen) atoms. The van der Waals surface area contributed by atoms with Crippen molar-refractivity contribution in [1.29, 1.82) is 0 Å². The quantitative estimate of drug-likeness (QED) is 0.306. The van der Waals surface area contributed by atoms with Crippen molar-refractivity contribution in [2.24, 2.45) is 0 Å². The SMILES string of the molecule is Cc1cc(C)c(-n2c(C)cc([C@@H]3[C@H](c4ccccn4)NC(=S)N3c3ccc(F)c(C)c3)c2C)c(C)c1. The van der Waals surface area contributed by atoms with Gasteiger partial charge in [0.05, 0.1) is 23.5 Å². The Kier molecular flexibility index (Phi) is 6.17. The van der Waals surface area contributed by atoms with Crippen LogP contribution in [0.25, 0.3) is 5.69 Å². The number of rotatable bonds is 4. The smallest absolute Gasteiger partial charge is 0.174 e. The summed E-state index contributed by atoms with van der Waals surface area (Å²) < 4.78 is 16.5. The fourth-order valence-electron chi connectivity index (χ4n) is 5.68. The molecule has 0 aliphatic carbocycles. The van der Waals surface area contributed by atoms with Crippen molar-refractivity contribution >= 4 is 23.0 Å². The molecule has 184 valence electrons. The highest BCUT2D eigenvalue weighted by Crippen LogP contribution is 2.44. The highest BCUT2D eigenvalue weighted by Gasteiger charge is 2.42. The Labute approximate surface area is 217 Å². The Morgan fingerprint density at radius 1 is 0.889 bits per heavy atom. The van der Waals surface area contributed by atoms with Crippen LogP contribution in [0, 0.1) is 47.4 Å². The molecule has 0 saturated carbocycles. The molecule has 2 aromatic heterocycles. The molecule has 0 spiro atoms.